The molecule has 6 bridgehead atoms. The second kappa shape index (κ2) is 11.6. The molecule has 260 valence electrons. The van der Waals surface area contributed by atoms with Gasteiger partial charge in [0.1, 0.15) is 10.6 Å². The maximum absolute atomic E-state index is 15.3. The summed E-state index contributed by atoms with van der Waals surface area (Å²) >= 11 is 0. The summed E-state index contributed by atoms with van der Waals surface area (Å²) < 4.78 is 72.5. The first-order chi connectivity index (χ1) is 22.9. The average Bonchev–Trinajstić information content (AvgIpc) is 3.92. The van der Waals surface area contributed by atoms with Crippen LogP contribution in [-0.4, -0.2) is 21.4 Å². The van der Waals surface area contributed by atoms with E-state index in [9.17, 15) is 13.0 Å². The van der Waals surface area contributed by atoms with Crippen molar-refractivity contribution in [1.29, 1.82) is 0 Å². The minimum atomic E-state index is -4.48. The standard InChI is InChI=1S/C40H52O6S2/c1-22(2)32-21-38(47(41,42)43)30-5-3-4-6-31(30)39(32)46-48(44,45)40-36(34-17-24-8-11-27(34)14-24)19-29(33-16-23-7-10-26(33)13-23)20-37(40)35-18-25-9-12-28(35)15-25/h19-28,33-35H,3-18H2,1-2H3,(H,41,42,43). The van der Waals surface area contributed by atoms with Gasteiger partial charge in [-0.2, -0.15) is 16.8 Å². The summed E-state index contributed by atoms with van der Waals surface area (Å²) in [6, 6.07) is 6.19. The minimum Gasteiger partial charge on any atom is -0.378 e. The second-order valence-electron chi connectivity index (χ2n) is 17.5. The fourth-order valence-corrected chi connectivity index (χ4v) is 14.8. The second-order valence-corrected chi connectivity index (χ2v) is 20.4. The maximum Gasteiger partial charge on any atom is 0.339 e. The van der Waals surface area contributed by atoms with Gasteiger partial charge in [-0.25, -0.2) is 0 Å². The number of hydrogen-bond donors (Lipinski definition) is 1. The fourth-order valence-electron chi connectivity index (χ4n) is 12.5. The predicted molar refractivity (Wildman–Crippen MR) is 186 cm³/mol. The molecule has 6 nitrogen and oxygen atoms in total. The van der Waals surface area contributed by atoms with Crippen LogP contribution >= 0.6 is 0 Å². The van der Waals surface area contributed by atoms with Crippen LogP contribution < -0.4 is 4.18 Å². The van der Waals surface area contributed by atoms with E-state index < -0.39 is 20.2 Å². The number of hydrogen-bond acceptors (Lipinski definition) is 5. The van der Waals surface area contributed by atoms with Crippen LogP contribution in [0.1, 0.15) is 161 Å². The third kappa shape index (κ3) is 5.23. The SMILES string of the molecule is CC(C)c1cc(S(=O)(=O)O)c2c(c1OS(=O)(=O)c1c(C3CC4CCC3C4)cc(C3CC4CCC3C4)cc1C1CC3CCC1C3)CCCC2. The highest BCUT2D eigenvalue weighted by atomic mass is 32.2. The van der Waals surface area contributed by atoms with Crippen molar-refractivity contribution in [2.45, 2.75) is 150 Å². The Kier molecular flexibility index (Phi) is 7.72. The Morgan fingerprint density at radius 1 is 0.667 bits per heavy atom. The largest absolute Gasteiger partial charge is 0.378 e. The highest BCUT2D eigenvalue weighted by Crippen LogP contribution is 2.60. The zero-order valence-corrected chi connectivity index (χ0v) is 30.3. The number of benzene rings is 2. The van der Waals surface area contributed by atoms with Crippen molar-refractivity contribution in [3.05, 3.63) is 51.6 Å². The van der Waals surface area contributed by atoms with Gasteiger partial charge < -0.3 is 4.18 Å². The number of fused-ring (bicyclic) bond motifs is 7. The zero-order chi connectivity index (χ0) is 33.1. The van der Waals surface area contributed by atoms with Crippen LogP contribution in [0.15, 0.2) is 28.0 Å². The highest BCUT2D eigenvalue weighted by molar-refractivity contribution is 7.87. The van der Waals surface area contributed by atoms with Crippen molar-refractivity contribution >= 4 is 20.2 Å². The van der Waals surface area contributed by atoms with Crippen molar-refractivity contribution in [3.63, 3.8) is 0 Å². The fraction of sp³-hybridized carbons (Fsp3) is 0.700. The molecular formula is C40H52O6S2. The molecule has 2 aromatic rings. The van der Waals surface area contributed by atoms with E-state index in [0.717, 1.165) is 48.6 Å². The molecule has 0 aromatic heterocycles. The summed E-state index contributed by atoms with van der Waals surface area (Å²) in [4.78, 5) is 0.369. The molecule has 7 aliphatic rings. The summed E-state index contributed by atoms with van der Waals surface area (Å²) in [7, 11) is -8.76. The molecule has 2 aromatic carbocycles. The lowest BCUT2D eigenvalue weighted by atomic mass is 9.75. The van der Waals surface area contributed by atoms with E-state index in [1.54, 1.807) is 0 Å². The van der Waals surface area contributed by atoms with Crippen LogP contribution in [0.25, 0.3) is 0 Å². The average molecular weight is 693 g/mol. The van der Waals surface area contributed by atoms with Gasteiger partial charge in [0.2, 0.25) is 0 Å². The highest BCUT2D eigenvalue weighted by Gasteiger charge is 2.48. The monoisotopic (exact) mass is 692 g/mol. The molecule has 0 radical (unpaired) electrons. The molecule has 6 fully saturated rings. The molecule has 0 heterocycles. The Balaban J connectivity index is 1.24. The lowest BCUT2D eigenvalue weighted by molar-refractivity contribution is 0.392. The first-order valence-electron chi connectivity index (χ1n) is 19.2. The Morgan fingerprint density at radius 2 is 1.17 bits per heavy atom. The normalized spacial score (nSPS) is 35.2. The van der Waals surface area contributed by atoms with Crippen LogP contribution in [0.3, 0.4) is 0 Å². The topological polar surface area (TPSA) is 97.7 Å². The van der Waals surface area contributed by atoms with E-state index in [2.05, 4.69) is 12.1 Å². The quantitative estimate of drug-likeness (QED) is 0.219. The Hall–Kier alpha value is -1.90. The van der Waals surface area contributed by atoms with Crippen molar-refractivity contribution in [1.82, 2.24) is 0 Å². The molecule has 48 heavy (non-hydrogen) atoms. The van der Waals surface area contributed by atoms with Crippen LogP contribution in [-0.2, 0) is 33.1 Å². The maximum atomic E-state index is 15.3. The molecule has 0 saturated heterocycles. The smallest absolute Gasteiger partial charge is 0.339 e. The van der Waals surface area contributed by atoms with Gasteiger partial charge in [-0.3, -0.25) is 4.55 Å². The van der Waals surface area contributed by atoms with Crippen molar-refractivity contribution < 1.29 is 25.6 Å². The molecule has 0 aliphatic heterocycles. The molecule has 9 unspecified atom stereocenters. The van der Waals surface area contributed by atoms with E-state index in [1.807, 2.05) is 13.8 Å². The van der Waals surface area contributed by atoms with Crippen molar-refractivity contribution in [3.8, 4) is 5.75 Å². The Labute approximate surface area is 287 Å². The molecule has 8 heteroatoms. The molecule has 7 aliphatic carbocycles. The first kappa shape index (κ1) is 32.0. The van der Waals surface area contributed by atoms with Crippen LogP contribution in [0, 0.1) is 35.5 Å². The Bertz CT molecular complexity index is 1810. The summed E-state index contributed by atoms with van der Waals surface area (Å²) in [6.07, 6.45) is 17.2. The van der Waals surface area contributed by atoms with Crippen LogP contribution in [0.5, 0.6) is 5.75 Å². The Morgan fingerprint density at radius 3 is 1.60 bits per heavy atom. The molecule has 0 spiro atoms. The van der Waals surface area contributed by atoms with E-state index in [0.29, 0.717) is 69.8 Å². The van der Waals surface area contributed by atoms with Gasteiger partial charge in [-0.15, -0.1) is 0 Å². The summed E-state index contributed by atoms with van der Waals surface area (Å²) in [6.45, 7) is 3.87. The molecule has 0 amide bonds. The van der Waals surface area contributed by atoms with Gasteiger partial charge in [0.15, 0.2) is 0 Å². The van der Waals surface area contributed by atoms with Gasteiger partial charge in [0.05, 0.1) is 4.90 Å². The van der Waals surface area contributed by atoms with Crippen molar-refractivity contribution in [2.75, 3.05) is 0 Å². The molecule has 9 rings (SSSR count). The van der Waals surface area contributed by atoms with E-state index in [1.165, 1.54) is 75.8 Å². The predicted octanol–water partition coefficient (Wildman–Crippen LogP) is 9.41. The minimum absolute atomic E-state index is 0.0915. The summed E-state index contributed by atoms with van der Waals surface area (Å²) in [5, 5.41) is 0. The van der Waals surface area contributed by atoms with E-state index in [4.69, 9.17) is 4.18 Å². The first-order valence-corrected chi connectivity index (χ1v) is 22.1. The van der Waals surface area contributed by atoms with Gasteiger partial charge in [-0.1, -0.05) is 45.2 Å². The van der Waals surface area contributed by atoms with Crippen LogP contribution in [0.2, 0.25) is 0 Å². The zero-order valence-electron chi connectivity index (χ0n) is 28.6. The van der Waals surface area contributed by atoms with Gasteiger partial charge in [-0.05, 0) is 171 Å². The third-order valence-electron chi connectivity index (χ3n) is 14.5. The van der Waals surface area contributed by atoms with Gasteiger partial charge in [0.25, 0.3) is 10.1 Å². The molecule has 1 N–H and O–H groups in total. The summed E-state index contributed by atoms with van der Waals surface area (Å²) in [5.41, 5.74) is 5.17. The molecule has 6 saturated carbocycles. The lowest BCUT2D eigenvalue weighted by Crippen LogP contribution is -2.24. The van der Waals surface area contributed by atoms with E-state index in [-0.39, 0.29) is 22.6 Å². The van der Waals surface area contributed by atoms with Gasteiger partial charge in [0, 0.05) is 11.1 Å². The van der Waals surface area contributed by atoms with Gasteiger partial charge >= 0.3 is 10.1 Å². The van der Waals surface area contributed by atoms with Crippen molar-refractivity contribution in [2.24, 2.45) is 35.5 Å². The number of rotatable bonds is 8. The van der Waals surface area contributed by atoms with E-state index >= 15 is 8.42 Å². The third-order valence-corrected chi connectivity index (χ3v) is 16.8. The van der Waals surface area contributed by atoms with Crippen LogP contribution in [0.4, 0.5) is 0 Å². The molecule has 9 atom stereocenters. The summed E-state index contributed by atoms with van der Waals surface area (Å²) in [5.74, 6) is 5.08. The molecular weight excluding hydrogens is 641 g/mol. The lowest BCUT2D eigenvalue weighted by Gasteiger charge is -2.33.